The van der Waals surface area contributed by atoms with Gasteiger partial charge < -0.3 is 5.11 Å². The molecular formula is C8H12O. The van der Waals surface area contributed by atoms with Gasteiger partial charge in [-0.2, -0.15) is 0 Å². The van der Waals surface area contributed by atoms with E-state index in [0.29, 0.717) is 5.92 Å². The van der Waals surface area contributed by atoms with E-state index in [1.165, 1.54) is 0 Å². The van der Waals surface area contributed by atoms with Gasteiger partial charge in [0.05, 0.1) is 6.10 Å². The molecule has 0 spiro atoms. The van der Waals surface area contributed by atoms with Crippen LogP contribution in [-0.2, 0) is 0 Å². The zero-order chi connectivity index (χ0) is 6.69. The second kappa shape index (κ2) is 2.83. The normalized spacial score (nSPS) is 22.3. The van der Waals surface area contributed by atoms with E-state index in [2.05, 4.69) is 18.7 Å². The van der Waals surface area contributed by atoms with Crippen LogP contribution < -0.4 is 0 Å². The molecule has 0 amide bonds. The summed E-state index contributed by atoms with van der Waals surface area (Å²) >= 11 is 0. The first-order valence-electron chi connectivity index (χ1n) is 3.30. The van der Waals surface area contributed by atoms with Crippen LogP contribution in [-0.4, -0.2) is 11.2 Å². The van der Waals surface area contributed by atoms with Gasteiger partial charge in [-0.1, -0.05) is 18.2 Å². The number of aliphatic hydroxyl groups excluding tert-OH is 1. The van der Waals surface area contributed by atoms with Gasteiger partial charge >= 0.3 is 0 Å². The molecule has 1 heteroatoms. The molecule has 0 aromatic carbocycles. The molecule has 0 saturated carbocycles. The molecule has 0 aliphatic heterocycles. The first-order chi connectivity index (χ1) is 4.34. The van der Waals surface area contributed by atoms with E-state index in [-0.39, 0.29) is 6.10 Å². The van der Waals surface area contributed by atoms with Gasteiger partial charge in [0.25, 0.3) is 0 Å². The third kappa shape index (κ3) is 1.42. The zero-order valence-corrected chi connectivity index (χ0v) is 5.46. The highest BCUT2D eigenvalue weighted by molar-refractivity contribution is 5.00. The van der Waals surface area contributed by atoms with Gasteiger partial charge in [-0.3, -0.25) is 0 Å². The summed E-state index contributed by atoms with van der Waals surface area (Å²) in [5, 5.41) is 9.20. The predicted molar refractivity (Wildman–Crippen MR) is 38.1 cm³/mol. The lowest BCUT2D eigenvalue weighted by molar-refractivity contribution is 0.159. The van der Waals surface area contributed by atoms with Crippen LogP contribution >= 0.6 is 0 Å². The number of aliphatic hydroxyl groups is 1. The van der Waals surface area contributed by atoms with Crippen molar-refractivity contribution in [3.8, 4) is 0 Å². The van der Waals surface area contributed by atoms with Crippen LogP contribution in [0, 0.1) is 5.92 Å². The third-order valence-corrected chi connectivity index (χ3v) is 1.77. The molecular weight excluding hydrogens is 112 g/mol. The van der Waals surface area contributed by atoms with Gasteiger partial charge in [0.1, 0.15) is 0 Å². The smallest absolute Gasteiger partial charge is 0.0752 e. The van der Waals surface area contributed by atoms with Crippen molar-refractivity contribution in [1.82, 2.24) is 0 Å². The van der Waals surface area contributed by atoms with E-state index in [1.54, 1.807) is 6.08 Å². The highest BCUT2D eigenvalue weighted by Gasteiger charge is 2.16. The molecule has 1 rings (SSSR count). The molecule has 1 aliphatic rings. The third-order valence-electron chi connectivity index (χ3n) is 1.77. The summed E-state index contributed by atoms with van der Waals surface area (Å²) < 4.78 is 0. The molecule has 0 aromatic rings. The Labute approximate surface area is 55.7 Å². The maximum absolute atomic E-state index is 9.20. The topological polar surface area (TPSA) is 20.2 Å². The fourth-order valence-electron chi connectivity index (χ4n) is 1.11. The fourth-order valence-corrected chi connectivity index (χ4v) is 1.11. The molecule has 0 bridgehead atoms. The predicted octanol–water partition coefficient (Wildman–Crippen LogP) is 1.50. The lowest BCUT2D eigenvalue weighted by Crippen LogP contribution is -2.13. The maximum atomic E-state index is 9.20. The Morgan fingerprint density at radius 1 is 1.56 bits per heavy atom. The average molecular weight is 124 g/mol. The van der Waals surface area contributed by atoms with Crippen LogP contribution in [0.25, 0.3) is 0 Å². The minimum Gasteiger partial charge on any atom is -0.389 e. The maximum Gasteiger partial charge on any atom is 0.0752 e. The molecule has 0 unspecified atom stereocenters. The minimum atomic E-state index is -0.306. The molecule has 1 N–H and O–H groups in total. The lowest BCUT2D eigenvalue weighted by atomic mass is 10.0. The van der Waals surface area contributed by atoms with E-state index < -0.39 is 0 Å². The Morgan fingerprint density at radius 2 is 2.11 bits per heavy atom. The average Bonchev–Trinajstić information content (AvgIpc) is 2.37. The van der Waals surface area contributed by atoms with Crippen molar-refractivity contribution in [2.45, 2.75) is 18.9 Å². The van der Waals surface area contributed by atoms with Crippen molar-refractivity contribution in [2.24, 2.45) is 5.92 Å². The van der Waals surface area contributed by atoms with Gasteiger partial charge in [-0.15, -0.1) is 6.58 Å². The molecule has 0 aromatic heterocycles. The zero-order valence-electron chi connectivity index (χ0n) is 5.46. The Morgan fingerprint density at radius 3 is 2.56 bits per heavy atom. The van der Waals surface area contributed by atoms with Crippen LogP contribution in [0.2, 0.25) is 0 Å². The Kier molecular flexibility index (Phi) is 2.06. The molecule has 0 heterocycles. The van der Waals surface area contributed by atoms with Crippen molar-refractivity contribution in [1.29, 1.82) is 0 Å². The van der Waals surface area contributed by atoms with Gasteiger partial charge in [0, 0.05) is 0 Å². The van der Waals surface area contributed by atoms with Gasteiger partial charge in [-0.25, -0.2) is 0 Å². The van der Waals surface area contributed by atoms with E-state index in [9.17, 15) is 5.11 Å². The second-order valence-electron chi connectivity index (χ2n) is 2.43. The van der Waals surface area contributed by atoms with Crippen LogP contribution in [0.1, 0.15) is 12.8 Å². The summed E-state index contributed by atoms with van der Waals surface area (Å²) in [7, 11) is 0. The lowest BCUT2D eigenvalue weighted by Gasteiger charge is -2.11. The molecule has 50 valence electrons. The second-order valence-corrected chi connectivity index (χ2v) is 2.43. The number of rotatable bonds is 2. The van der Waals surface area contributed by atoms with Crippen LogP contribution in [0.5, 0.6) is 0 Å². The summed E-state index contributed by atoms with van der Waals surface area (Å²) in [6.07, 6.45) is 7.53. The Hall–Kier alpha value is -0.560. The van der Waals surface area contributed by atoms with Crippen LogP contribution in [0.3, 0.4) is 0 Å². The molecule has 0 fully saturated rings. The monoisotopic (exact) mass is 124 g/mol. The largest absolute Gasteiger partial charge is 0.389 e. The van der Waals surface area contributed by atoms with Gasteiger partial charge in [0.2, 0.25) is 0 Å². The van der Waals surface area contributed by atoms with E-state index in [0.717, 1.165) is 12.8 Å². The standard InChI is InChI=1S/C8H12O/c1-2-8(9)7-5-3-4-6-7/h2-4,7-9H,1,5-6H2/t8-/m1/s1. The summed E-state index contributed by atoms with van der Waals surface area (Å²) in [5.41, 5.74) is 0. The first-order valence-corrected chi connectivity index (χ1v) is 3.30. The molecule has 1 aliphatic carbocycles. The fraction of sp³-hybridized carbons (Fsp3) is 0.500. The Bertz CT molecular complexity index is 119. The molecule has 0 radical (unpaired) electrons. The van der Waals surface area contributed by atoms with E-state index >= 15 is 0 Å². The first kappa shape index (κ1) is 6.56. The molecule has 1 atom stereocenters. The number of hydrogen-bond donors (Lipinski definition) is 1. The quantitative estimate of drug-likeness (QED) is 0.553. The summed E-state index contributed by atoms with van der Waals surface area (Å²) in [4.78, 5) is 0. The van der Waals surface area contributed by atoms with Crippen molar-refractivity contribution < 1.29 is 5.11 Å². The van der Waals surface area contributed by atoms with Crippen LogP contribution in [0.15, 0.2) is 24.8 Å². The minimum absolute atomic E-state index is 0.306. The number of allylic oxidation sites excluding steroid dienone is 2. The van der Waals surface area contributed by atoms with Crippen LogP contribution in [0.4, 0.5) is 0 Å². The molecule has 9 heavy (non-hydrogen) atoms. The molecule has 1 nitrogen and oxygen atoms in total. The van der Waals surface area contributed by atoms with Crippen molar-refractivity contribution in [3.05, 3.63) is 24.8 Å². The summed E-state index contributed by atoms with van der Waals surface area (Å²) in [6.45, 7) is 3.53. The van der Waals surface area contributed by atoms with Crippen molar-refractivity contribution >= 4 is 0 Å². The van der Waals surface area contributed by atoms with Gasteiger partial charge in [-0.05, 0) is 18.8 Å². The van der Waals surface area contributed by atoms with Crippen molar-refractivity contribution in [3.63, 3.8) is 0 Å². The molecule has 0 saturated heterocycles. The van der Waals surface area contributed by atoms with E-state index in [4.69, 9.17) is 0 Å². The van der Waals surface area contributed by atoms with Crippen molar-refractivity contribution in [2.75, 3.05) is 0 Å². The number of hydrogen-bond acceptors (Lipinski definition) is 1. The Balaban J connectivity index is 2.35. The SMILES string of the molecule is C=C[C@@H](O)C1CC=CC1. The van der Waals surface area contributed by atoms with E-state index in [1.807, 2.05) is 0 Å². The summed E-state index contributed by atoms with van der Waals surface area (Å²) in [6, 6.07) is 0. The van der Waals surface area contributed by atoms with Gasteiger partial charge in [0.15, 0.2) is 0 Å². The summed E-state index contributed by atoms with van der Waals surface area (Å²) in [5.74, 6) is 0.405. The highest BCUT2D eigenvalue weighted by atomic mass is 16.3. The highest BCUT2D eigenvalue weighted by Crippen LogP contribution is 2.21.